The first-order valence-corrected chi connectivity index (χ1v) is 12.5. The number of carbonyl (C=O) groups is 1. The second-order valence-corrected chi connectivity index (χ2v) is 9.64. The van der Waals surface area contributed by atoms with Gasteiger partial charge in [0.2, 0.25) is 5.91 Å². The SMILES string of the molecule is Cc1ccccc1-n1c(SC(C)C(=O)Nc2ccccc2-c2ccccc2)nnc1-c1cccnc1. The van der Waals surface area contributed by atoms with Gasteiger partial charge in [0, 0.05) is 29.2 Å². The molecule has 178 valence electrons. The van der Waals surface area contributed by atoms with E-state index >= 15 is 0 Å². The van der Waals surface area contributed by atoms with Gasteiger partial charge in [-0.25, -0.2) is 0 Å². The third-order valence-corrected chi connectivity index (χ3v) is 6.87. The monoisotopic (exact) mass is 491 g/mol. The predicted octanol–water partition coefficient (Wildman–Crippen LogP) is 6.42. The minimum Gasteiger partial charge on any atom is -0.325 e. The number of carbonyl (C=O) groups excluding carboxylic acids is 1. The summed E-state index contributed by atoms with van der Waals surface area (Å²) in [6.45, 7) is 3.93. The molecule has 0 aliphatic heterocycles. The average molecular weight is 492 g/mol. The van der Waals surface area contributed by atoms with Crippen LogP contribution in [0.1, 0.15) is 12.5 Å². The molecule has 1 amide bonds. The number of aryl methyl sites for hydroxylation is 1. The number of aromatic nitrogens is 4. The van der Waals surface area contributed by atoms with Crippen LogP contribution in [-0.2, 0) is 4.79 Å². The molecule has 5 aromatic rings. The molecule has 7 heteroatoms. The quantitative estimate of drug-likeness (QED) is 0.266. The number of para-hydroxylation sites is 2. The van der Waals surface area contributed by atoms with E-state index in [-0.39, 0.29) is 5.91 Å². The second-order valence-electron chi connectivity index (χ2n) is 8.33. The van der Waals surface area contributed by atoms with Crippen molar-refractivity contribution in [2.24, 2.45) is 0 Å². The first-order chi connectivity index (χ1) is 17.6. The number of hydrogen-bond acceptors (Lipinski definition) is 5. The molecule has 0 radical (unpaired) electrons. The number of rotatable bonds is 7. The maximum absolute atomic E-state index is 13.3. The summed E-state index contributed by atoms with van der Waals surface area (Å²) in [4.78, 5) is 17.5. The van der Waals surface area contributed by atoms with E-state index in [9.17, 15) is 4.79 Å². The first kappa shape index (κ1) is 23.5. The summed E-state index contributed by atoms with van der Waals surface area (Å²) in [6.07, 6.45) is 3.50. The van der Waals surface area contributed by atoms with Crippen LogP contribution in [0.4, 0.5) is 5.69 Å². The van der Waals surface area contributed by atoms with E-state index in [0.717, 1.165) is 33.6 Å². The zero-order valence-corrected chi connectivity index (χ0v) is 20.8. The third-order valence-electron chi connectivity index (χ3n) is 5.83. The van der Waals surface area contributed by atoms with Gasteiger partial charge in [0.25, 0.3) is 0 Å². The Bertz CT molecular complexity index is 1480. The lowest BCUT2D eigenvalue weighted by Crippen LogP contribution is -2.23. The van der Waals surface area contributed by atoms with E-state index in [0.29, 0.717) is 11.0 Å². The molecular weight excluding hydrogens is 466 g/mol. The van der Waals surface area contributed by atoms with Gasteiger partial charge in [-0.1, -0.05) is 78.5 Å². The Balaban J connectivity index is 1.44. The molecule has 1 unspecified atom stereocenters. The van der Waals surface area contributed by atoms with Crippen LogP contribution in [0.5, 0.6) is 0 Å². The van der Waals surface area contributed by atoms with Crippen molar-refractivity contribution >= 4 is 23.4 Å². The van der Waals surface area contributed by atoms with Crippen molar-refractivity contribution in [3.05, 3.63) is 109 Å². The normalized spacial score (nSPS) is 11.7. The summed E-state index contributed by atoms with van der Waals surface area (Å²) in [6, 6.07) is 29.8. The van der Waals surface area contributed by atoms with Gasteiger partial charge in [0.1, 0.15) is 0 Å². The Morgan fingerprint density at radius 3 is 2.36 bits per heavy atom. The zero-order chi connectivity index (χ0) is 24.9. The van der Waals surface area contributed by atoms with Crippen molar-refractivity contribution in [2.45, 2.75) is 24.3 Å². The molecule has 3 aromatic carbocycles. The Morgan fingerprint density at radius 2 is 1.58 bits per heavy atom. The molecule has 0 bridgehead atoms. The molecule has 0 fully saturated rings. The highest BCUT2D eigenvalue weighted by atomic mass is 32.2. The van der Waals surface area contributed by atoms with E-state index in [1.54, 1.807) is 12.4 Å². The summed E-state index contributed by atoms with van der Waals surface area (Å²) < 4.78 is 2.00. The van der Waals surface area contributed by atoms with Crippen LogP contribution in [0.3, 0.4) is 0 Å². The molecule has 0 aliphatic rings. The molecular formula is C29H25N5OS. The topological polar surface area (TPSA) is 72.7 Å². The van der Waals surface area contributed by atoms with Gasteiger partial charge in [-0.2, -0.15) is 0 Å². The van der Waals surface area contributed by atoms with E-state index < -0.39 is 5.25 Å². The lowest BCUT2D eigenvalue weighted by atomic mass is 10.0. The summed E-state index contributed by atoms with van der Waals surface area (Å²) >= 11 is 1.38. The Hall–Kier alpha value is -4.23. The summed E-state index contributed by atoms with van der Waals surface area (Å²) in [5.74, 6) is 0.576. The number of thioether (sulfide) groups is 1. The van der Waals surface area contributed by atoms with Crippen LogP contribution in [0.15, 0.2) is 109 Å². The van der Waals surface area contributed by atoms with Crippen molar-refractivity contribution in [3.8, 4) is 28.2 Å². The Labute approximate surface area is 214 Å². The van der Waals surface area contributed by atoms with E-state index in [4.69, 9.17) is 0 Å². The zero-order valence-electron chi connectivity index (χ0n) is 20.0. The van der Waals surface area contributed by atoms with E-state index in [1.807, 2.05) is 109 Å². The molecule has 1 atom stereocenters. The number of nitrogens with zero attached hydrogens (tertiary/aromatic N) is 4. The van der Waals surface area contributed by atoms with Gasteiger partial charge in [0.15, 0.2) is 11.0 Å². The van der Waals surface area contributed by atoms with Crippen LogP contribution in [0.25, 0.3) is 28.2 Å². The number of anilines is 1. The maximum atomic E-state index is 13.3. The van der Waals surface area contributed by atoms with Gasteiger partial charge in [-0.05, 0) is 49.2 Å². The van der Waals surface area contributed by atoms with Gasteiger partial charge in [0.05, 0.1) is 10.9 Å². The van der Waals surface area contributed by atoms with Crippen molar-refractivity contribution in [3.63, 3.8) is 0 Å². The number of benzene rings is 3. The largest absolute Gasteiger partial charge is 0.325 e. The van der Waals surface area contributed by atoms with Gasteiger partial charge < -0.3 is 5.32 Å². The van der Waals surface area contributed by atoms with E-state index in [1.165, 1.54) is 11.8 Å². The number of hydrogen-bond donors (Lipinski definition) is 1. The number of pyridine rings is 1. The molecule has 0 saturated carbocycles. The predicted molar refractivity (Wildman–Crippen MR) is 145 cm³/mol. The molecule has 1 N–H and O–H groups in total. The van der Waals surface area contributed by atoms with Crippen LogP contribution in [-0.4, -0.2) is 30.9 Å². The fourth-order valence-corrected chi connectivity index (χ4v) is 4.83. The third kappa shape index (κ3) is 4.92. The lowest BCUT2D eigenvalue weighted by molar-refractivity contribution is -0.115. The molecule has 2 heterocycles. The molecule has 6 nitrogen and oxygen atoms in total. The number of nitrogens with one attached hydrogen (secondary N) is 1. The van der Waals surface area contributed by atoms with Gasteiger partial charge >= 0.3 is 0 Å². The van der Waals surface area contributed by atoms with E-state index in [2.05, 4.69) is 20.5 Å². The molecule has 5 rings (SSSR count). The first-order valence-electron chi connectivity index (χ1n) is 11.7. The molecule has 0 saturated heterocycles. The van der Waals surface area contributed by atoms with Crippen LogP contribution in [0, 0.1) is 6.92 Å². The van der Waals surface area contributed by atoms with Gasteiger partial charge in [-0.3, -0.25) is 14.3 Å². The fourth-order valence-electron chi connectivity index (χ4n) is 3.97. The minimum absolute atomic E-state index is 0.106. The number of amides is 1. The standard InChI is InChI=1S/C29H25N5OS/c1-20-11-6-9-17-26(20)34-27(23-14-10-18-30-19-23)32-33-29(34)36-21(2)28(35)31-25-16-8-7-15-24(25)22-12-4-3-5-13-22/h3-19,21H,1-2H3,(H,31,35). The molecule has 2 aromatic heterocycles. The highest BCUT2D eigenvalue weighted by Gasteiger charge is 2.23. The molecule has 36 heavy (non-hydrogen) atoms. The maximum Gasteiger partial charge on any atom is 0.237 e. The van der Waals surface area contributed by atoms with Crippen molar-refractivity contribution in [1.29, 1.82) is 0 Å². The summed E-state index contributed by atoms with van der Waals surface area (Å²) in [5.41, 5.74) is 5.70. The van der Waals surface area contributed by atoms with Crippen molar-refractivity contribution in [1.82, 2.24) is 19.7 Å². The Kier molecular flexibility index (Phi) is 6.91. The van der Waals surface area contributed by atoms with Crippen molar-refractivity contribution < 1.29 is 4.79 Å². The second kappa shape index (κ2) is 10.6. The fraction of sp³-hybridized carbons (Fsp3) is 0.103. The van der Waals surface area contributed by atoms with Crippen LogP contribution in [0.2, 0.25) is 0 Å². The summed E-state index contributed by atoms with van der Waals surface area (Å²) in [5, 5.41) is 12.3. The highest BCUT2D eigenvalue weighted by molar-refractivity contribution is 8.00. The lowest BCUT2D eigenvalue weighted by Gasteiger charge is -2.16. The molecule has 0 aliphatic carbocycles. The van der Waals surface area contributed by atoms with Gasteiger partial charge in [-0.15, -0.1) is 10.2 Å². The van der Waals surface area contributed by atoms with Crippen LogP contribution < -0.4 is 5.32 Å². The minimum atomic E-state index is -0.414. The smallest absolute Gasteiger partial charge is 0.237 e. The summed E-state index contributed by atoms with van der Waals surface area (Å²) in [7, 11) is 0. The highest BCUT2D eigenvalue weighted by Crippen LogP contribution is 2.32. The molecule has 0 spiro atoms. The Morgan fingerprint density at radius 1 is 0.861 bits per heavy atom. The van der Waals surface area contributed by atoms with Crippen molar-refractivity contribution in [2.75, 3.05) is 5.32 Å². The van der Waals surface area contributed by atoms with Crippen LogP contribution >= 0.6 is 11.8 Å². The average Bonchev–Trinajstić information content (AvgIpc) is 3.33.